The van der Waals surface area contributed by atoms with Gasteiger partial charge in [-0.05, 0) is 44.0 Å². The molecule has 2 rings (SSSR count). The molecular formula is C16H22Br2N2O. The highest BCUT2D eigenvalue weighted by Gasteiger charge is 2.22. The molecule has 1 heterocycles. The summed E-state index contributed by atoms with van der Waals surface area (Å²) in [6.45, 7) is 4.87. The molecule has 0 saturated carbocycles. The van der Waals surface area contributed by atoms with Crippen molar-refractivity contribution in [1.82, 2.24) is 10.2 Å². The molecule has 1 atom stereocenters. The molecule has 0 bridgehead atoms. The molecule has 1 aromatic rings. The summed E-state index contributed by atoms with van der Waals surface area (Å²) in [6.07, 6.45) is 4.53. The number of nitrogens with zero attached hydrogens (tertiary/aromatic N) is 1. The van der Waals surface area contributed by atoms with Gasteiger partial charge in [-0.1, -0.05) is 45.2 Å². The van der Waals surface area contributed by atoms with E-state index in [1.807, 2.05) is 23.1 Å². The fourth-order valence-electron chi connectivity index (χ4n) is 2.66. The number of hydrogen-bond acceptors (Lipinski definition) is 2. The molecule has 5 heteroatoms. The van der Waals surface area contributed by atoms with Gasteiger partial charge in [-0.25, -0.2) is 0 Å². The Morgan fingerprint density at radius 2 is 2.05 bits per heavy atom. The summed E-state index contributed by atoms with van der Waals surface area (Å²) in [4.78, 5) is 14.8. The number of unbranched alkanes of at least 4 members (excludes halogenated alkanes) is 1. The highest BCUT2D eigenvalue weighted by atomic mass is 79.9. The lowest BCUT2D eigenvalue weighted by atomic mass is 10.1. The number of halogens is 2. The molecular weight excluding hydrogens is 396 g/mol. The van der Waals surface area contributed by atoms with Gasteiger partial charge in [0.2, 0.25) is 0 Å². The molecule has 0 spiro atoms. The molecule has 1 unspecified atom stereocenters. The van der Waals surface area contributed by atoms with Gasteiger partial charge in [0.05, 0.1) is 0 Å². The third-order valence-corrected chi connectivity index (χ3v) is 4.70. The topological polar surface area (TPSA) is 32.3 Å². The number of carbonyl (C=O) groups excluding carboxylic acids is 1. The molecule has 0 radical (unpaired) electrons. The Hall–Kier alpha value is -0.390. The summed E-state index contributed by atoms with van der Waals surface area (Å²) in [5.41, 5.74) is 0.741. The van der Waals surface area contributed by atoms with Crippen LogP contribution in [0.1, 0.15) is 43.0 Å². The Bertz CT molecular complexity index is 467. The molecule has 1 aromatic carbocycles. The van der Waals surface area contributed by atoms with Gasteiger partial charge in [-0.15, -0.1) is 0 Å². The standard InChI is InChI=1S/C16H22Br2N2O/c1-2-3-7-20(11-15-5-4-6-19-15)16(21)12-8-13(17)10-14(18)9-12/h8-10,15,19H,2-7,11H2,1H3. The largest absolute Gasteiger partial charge is 0.337 e. The molecule has 3 nitrogen and oxygen atoms in total. The molecule has 1 N–H and O–H groups in total. The zero-order chi connectivity index (χ0) is 15.2. The maximum absolute atomic E-state index is 12.8. The van der Waals surface area contributed by atoms with E-state index in [1.54, 1.807) is 0 Å². The second kappa shape index (κ2) is 8.30. The molecule has 1 aliphatic heterocycles. The van der Waals surface area contributed by atoms with E-state index in [-0.39, 0.29) is 5.91 Å². The zero-order valence-corrected chi connectivity index (χ0v) is 15.5. The van der Waals surface area contributed by atoms with Crippen molar-refractivity contribution in [2.45, 2.75) is 38.6 Å². The fraction of sp³-hybridized carbons (Fsp3) is 0.562. The number of amides is 1. The van der Waals surface area contributed by atoms with Gasteiger partial charge in [-0.3, -0.25) is 4.79 Å². The van der Waals surface area contributed by atoms with Crippen molar-refractivity contribution in [2.75, 3.05) is 19.6 Å². The Morgan fingerprint density at radius 3 is 2.62 bits per heavy atom. The van der Waals surface area contributed by atoms with Gasteiger partial charge in [-0.2, -0.15) is 0 Å². The number of rotatable bonds is 6. The Morgan fingerprint density at radius 1 is 1.33 bits per heavy atom. The molecule has 21 heavy (non-hydrogen) atoms. The van der Waals surface area contributed by atoms with E-state index in [1.165, 1.54) is 6.42 Å². The second-order valence-electron chi connectivity index (χ2n) is 5.56. The molecule has 0 aliphatic carbocycles. The smallest absolute Gasteiger partial charge is 0.253 e. The summed E-state index contributed by atoms with van der Waals surface area (Å²) in [5, 5.41) is 3.48. The van der Waals surface area contributed by atoms with Crippen LogP contribution in [0, 0.1) is 0 Å². The first-order valence-corrected chi connectivity index (χ1v) is 9.17. The Balaban J connectivity index is 2.11. The Labute approximate surface area is 143 Å². The van der Waals surface area contributed by atoms with E-state index in [0.717, 1.165) is 53.4 Å². The van der Waals surface area contributed by atoms with Crippen LogP contribution in [0.15, 0.2) is 27.1 Å². The van der Waals surface area contributed by atoms with Gasteiger partial charge in [0, 0.05) is 33.6 Å². The molecule has 1 fully saturated rings. The third kappa shape index (κ3) is 5.08. The predicted molar refractivity (Wildman–Crippen MR) is 93.7 cm³/mol. The maximum Gasteiger partial charge on any atom is 0.253 e. The maximum atomic E-state index is 12.8. The SMILES string of the molecule is CCCCN(CC1CCCN1)C(=O)c1cc(Br)cc(Br)c1. The van der Waals surface area contributed by atoms with Crippen LogP contribution < -0.4 is 5.32 Å². The second-order valence-corrected chi connectivity index (χ2v) is 7.39. The minimum Gasteiger partial charge on any atom is -0.337 e. The first-order chi connectivity index (χ1) is 10.1. The zero-order valence-electron chi connectivity index (χ0n) is 12.4. The van der Waals surface area contributed by atoms with Gasteiger partial charge in [0.1, 0.15) is 0 Å². The normalized spacial score (nSPS) is 18.0. The van der Waals surface area contributed by atoms with Crippen LogP contribution in [0.25, 0.3) is 0 Å². The number of nitrogens with one attached hydrogen (secondary N) is 1. The van der Waals surface area contributed by atoms with Crippen molar-refractivity contribution in [2.24, 2.45) is 0 Å². The molecule has 1 aliphatic rings. The predicted octanol–water partition coefficient (Wildman–Crippen LogP) is 4.21. The van der Waals surface area contributed by atoms with Gasteiger partial charge >= 0.3 is 0 Å². The first kappa shape index (κ1) is 17.0. The average molecular weight is 418 g/mol. The van der Waals surface area contributed by atoms with Crippen LogP contribution >= 0.6 is 31.9 Å². The monoisotopic (exact) mass is 416 g/mol. The quantitative estimate of drug-likeness (QED) is 0.751. The van der Waals surface area contributed by atoms with Crippen molar-refractivity contribution >= 4 is 37.8 Å². The Kier molecular flexibility index (Phi) is 6.71. The number of carbonyl (C=O) groups is 1. The average Bonchev–Trinajstić information content (AvgIpc) is 2.94. The van der Waals surface area contributed by atoms with Gasteiger partial charge in [0.25, 0.3) is 5.91 Å². The van der Waals surface area contributed by atoms with Crippen molar-refractivity contribution in [3.63, 3.8) is 0 Å². The third-order valence-electron chi connectivity index (χ3n) is 3.78. The lowest BCUT2D eigenvalue weighted by Crippen LogP contribution is -2.41. The van der Waals surface area contributed by atoms with Crippen LogP contribution in [0.4, 0.5) is 0 Å². The highest BCUT2D eigenvalue weighted by Crippen LogP contribution is 2.21. The van der Waals surface area contributed by atoms with Crippen LogP contribution in [0.5, 0.6) is 0 Å². The lowest BCUT2D eigenvalue weighted by Gasteiger charge is -2.26. The van der Waals surface area contributed by atoms with E-state index in [4.69, 9.17) is 0 Å². The van der Waals surface area contributed by atoms with Crippen LogP contribution in [0.3, 0.4) is 0 Å². The summed E-state index contributed by atoms with van der Waals surface area (Å²) >= 11 is 6.92. The van der Waals surface area contributed by atoms with Crippen LogP contribution in [0.2, 0.25) is 0 Å². The minimum atomic E-state index is 0.124. The number of benzene rings is 1. The first-order valence-electron chi connectivity index (χ1n) is 7.59. The van der Waals surface area contributed by atoms with Crippen molar-refractivity contribution in [3.8, 4) is 0 Å². The summed E-state index contributed by atoms with van der Waals surface area (Å²) < 4.78 is 1.85. The van der Waals surface area contributed by atoms with Crippen LogP contribution in [-0.2, 0) is 0 Å². The van der Waals surface area contributed by atoms with Gasteiger partial charge in [0.15, 0.2) is 0 Å². The summed E-state index contributed by atoms with van der Waals surface area (Å²) in [5.74, 6) is 0.124. The molecule has 1 saturated heterocycles. The van der Waals surface area contributed by atoms with Crippen molar-refractivity contribution in [1.29, 1.82) is 0 Å². The summed E-state index contributed by atoms with van der Waals surface area (Å²) in [6, 6.07) is 6.19. The molecule has 0 aromatic heterocycles. The fourth-order valence-corrected chi connectivity index (χ4v) is 3.96. The highest BCUT2D eigenvalue weighted by molar-refractivity contribution is 9.11. The number of hydrogen-bond donors (Lipinski definition) is 1. The van der Waals surface area contributed by atoms with E-state index >= 15 is 0 Å². The van der Waals surface area contributed by atoms with Crippen LogP contribution in [-0.4, -0.2) is 36.5 Å². The van der Waals surface area contributed by atoms with E-state index < -0.39 is 0 Å². The van der Waals surface area contributed by atoms with E-state index in [9.17, 15) is 4.79 Å². The lowest BCUT2D eigenvalue weighted by molar-refractivity contribution is 0.0739. The van der Waals surface area contributed by atoms with Crippen molar-refractivity contribution < 1.29 is 4.79 Å². The van der Waals surface area contributed by atoms with E-state index in [2.05, 4.69) is 44.1 Å². The molecule has 116 valence electrons. The summed E-state index contributed by atoms with van der Waals surface area (Å²) in [7, 11) is 0. The van der Waals surface area contributed by atoms with Crippen molar-refractivity contribution in [3.05, 3.63) is 32.7 Å². The minimum absolute atomic E-state index is 0.124. The molecule has 1 amide bonds. The van der Waals surface area contributed by atoms with E-state index in [0.29, 0.717) is 6.04 Å². The van der Waals surface area contributed by atoms with Gasteiger partial charge < -0.3 is 10.2 Å².